The quantitative estimate of drug-likeness (QED) is 0.165. The number of amides is 1. The minimum atomic E-state index is -2.25. The average Bonchev–Trinajstić information content (AvgIpc) is 3.11. The first kappa shape index (κ1) is 40.3. The van der Waals surface area contributed by atoms with E-state index in [1.807, 2.05) is 0 Å². The number of hydrogen-bond acceptors (Lipinski definition) is 14. The molecule has 1 aromatic rings. The predicted octanol–water partition coefficient (Wildman–Crippen LogP) is 1.84. The number of hydrogen-bond donors (Lipinski definition) is 5. The smallest absolute Gasteiger partial charge is 0.338 e. The van der Waals surface area contributed by atoms with Gasteiger partial charge in [0.05, 0.1) is 30.1 Å². The van der Waals surface area contributed by atoms with Gasteiger partial charge in [0.15, 0.2) is 17.5 Å². The summed E-state index contributed by atoms with van der Waals surface area (Å²) in [4.78, 5) is 68.5. The third kappa shape index (κ3) is 6.57. The van der Waals surface area contributed by atoms with E-state index < -0.39 is 107 Å². The number of fused-ring (bicyclic) bond motifs is 6. The van der Waals surface area contributed by atoms with Gasteiger partial charge in [-0.15, -0.1) is 0 Å². The fraction of sp³-hybridized carbons (Fsp3) is 0.667. The Morgan fingerprint density at radius 1 is 0.981 bits per heavy atom. The summed E-state index contributed by atoms with van der Waals surface area (Å²) in [5.41, 5.74) is -6.77. The van der Waals surface area contributed by atoms with Gasteiger partial charge in [-0.1, -0.05) is 44.2 Å². The van der Waals surface area contributed by atoms with Crippen LogP contribution in [0.4, 0.5) is 0 Å². The van der Waals surface area contributed by atoms with Gasteiger partial charge in [0, 0.05) is 38.0 Å². The molecule has 0 radical (unpaired) electrons. The number of esters is 3. The van der Waals surface area contributed by atoms with Crippen LogP contribution in [0.15, 0.2) is 41.5 Å². The molecule has 6 rings (SSSR count). The minimum absolute atomic E-state index is 0.00909. The molecule has 0 unspecified atom stereocenters. The Kier molecular flexibility index (Phi) is 11.2. The van der Waals surface area contributed by atoms with Gasteiger partial charge in [-0.3, -0.25) is 19.2 Å². The number of thioether (sulfide) groups is 1. The average molecular weight is 774 g/mol. The fourth-order valence-corrected chi connectivity index (χ4v) is 10.5. The van der Waals surface area contributed by atoms with Gasteiger partial charge in [-0.25, -0.2) is 4.79 Å². The van der Waals surface area contributed by atoms with Crippen LogP contribution in [-0.2, 0) is 42.9 Å². The molecule has 0 aromatic heterocycles. The van der Waals surface area contributed by atoms with E-state index in [-0.39, 0.29) is 37.0 Å². The van der Waals surface area contributed by atoms with Crippen LogP contribution in [0.5, 0.6) is 0 Å². The second-order valence-corrected chi connectivity index (χ2v) is 17.3. The van der Waals surface area contributed by atoms with Crippen molar-refractivity contribution in [1.82, 2.24) is 5.32 Å². The topological polar surface area (TPSA) is 215 Å². The highest BCUT2D eigenvalue weighted by atomic mass is 32.2. The number of carbonyl (C=O) groups is 5. The Morgan fingerprint density at radius 2 is 1.65 bits per heavy atom. The van der Waals surface area contributed by atoms with Gasteiger partial charge in [0.25, 0.3) is 0 Å². The number of aliphatic hydroxyl groups is 4. The molecule has 3 aliphatic carbocycles. The number of ketones is 1. The van der Waals surface area contributed by atoms with Crippen LogP contribution in [0.2, 0.25) is 0 Å². The highest BCUT2D eigenvalue weighted by Crippen LogP contribution is 2.64. The van der Waals surface area contributed by atoms with Crippen LogP contribution in [-0.4, -0.2) is 116 Å². The van der Waals surface area contributed by atoms with Crippen LogP contribution in [0.1, 0.15) is 84.7 Å². The maximum absolute atomic E-state index is 14.8. The maximum Gasteiger partial charge on any atom is 0.338 e. The summed E-state index contributed by atoms with van der Waals surface area (Å²) in [6, 6.07) is 7.24. The molecule has 0 spiro atoms. The Labute approximate surface area is 318 Å². The SMILES string of the molecule is CC(=O)O[C@]12CO[C@@H]1C[C@H](O)[C@@]1(C)C(=O)[C@@H](O)C3=C(C)[C@@H]4C[C@@](O)([C@H](OC(=O)CCCSCCCC(=O)N[C@H](c5ccccc5)[C@H](O)C(=O)O4)[C@H]21)C3(C)C. The lowest BCUT2D eigenvalue weighted by Gasteiger charge is -2.67. The van der Waals surface area contributed by atoms with E-state index in [0.29, 0.717) is 29.9 Å². The normalized spacial score (nSPS) is 40.5. The Morgan fingerprint density at radius 3 is 2.28 bits per heavy atom. The van der Waals surface area contributed by atoms with Gasteiger partial charge in [0.2, 0.25) is 5.91 Å². The molecule has 5 aliphatic rings. The third-order valence-electron chi connectivity index (χ3n) is 12.6. The summed E-state index contributed by atoms with van der Waals surface area (Å²) < 4.78 is 24.1. The van der Waals surface area contributed by atoms with Crippen molar-refractivity contribution in [3.05, 3.63) is 47.0 Å². The zero-order valence-electron chi connectivity index (χ0n) is 31.2. The summed E-state index contributed by atoms with van der Waals surface area (Å²) in [6.07, 6.45) is -9.06. The number of Topliss-reactive ketones (excluding diaryl/α,β-unsaturated/α-hetero) is 1. The molecular formula is C39H51NO13S. The standard InChI is InChI=1S/C39H51NO13S/c1-20-23-18-39(49)34(32-37(5,33(47)30(45)28(20)36(39,3)4)24(42)17-25-38(32,19-50-25)53-21(2)41)52-27(44)14-10-16-54-15-9-13-26(43)40-29(31(46)35(48)51-23)22-11-7-6-8-12-22/h6-8,11-12,23-25,29-32,34,42,45-46,49H,9-10,13-19H2,1-5H3,(H,40,43)/t23-,24-,25+,29+,30-,31-,32-,34+,37+,38+,39+/m0/s1. The molecule has 14 nitrogen and oxygen atoms in total. The molecule has 1 amide bonds. The summed E-state index contributed by atoms with van der Waals surface area (Å²) in [7, 11) is 0. The van der Waals surface area contributed by atoms with E-state index >= 15 is 0 Å². The van der Waals surface area contributed by atoms with E-state index in [1.165, 1.54) is 32.5 Å². The van der Waals surface area contributed by atoms with Gasteiger partial charge >= 0.3 is 17.9 Å². The molecule has 11 atom stereocenters. The molecular weight excluding hydrogens is 722 g/mol. The van der Waals surface area contributed by atoms with Crippen molar-refractivity contribution in [3.8, 4) is 0 Å². The molecule has 3 bridgehead atoms. The number of ether oxygens (including phenoxy) is 4. The molecule has 2 aliphatic heterocycles. The Bertz CT molecular complexity index is 1700. The van der Waals surface area contributed by atoms with Crippen molar-refractivity contribution in [2.24, 2.45) is 16.7 Å². The number of benzene rings is 1. The van der Waals surface area contributed by atoms with Gasteiger partial charge in [0.1, 0.15) is 30.0 Å². The third-order valence-corrected chi connectivity index (χ3v) is 13.7. The lowest BCUT2D eigenvalue weighted by Crippen LogP contribution is -2.81. The molecule has 54 heavy (non-hydrogen) atoms. The van der Waals surface area contributed by atoms with E-state index in [1.54, 1.807) is 44.2 Å². The second-order valence-electron chi connectivity index (χ2n) is 16.0. The van der Waals surface area contributed by atoms with Crippen LogP contribution < -0.4 is 5.32 Å². The summed E-state index contributed by atoms with van der Waals surface area (Å²) in [5.74, 6) is -4.18. The molecule has 1 aromatic carbocycles. The van der Waals surface area contributed by atoms with E-state index in [9.17, 15) is 44.4 Å². The molecule has 2 saturated carbocycles. The van der Waals surface area contributed by atoms with Gasteiger partial charge in [-0.05, 0) is 54.9 Å². The number of rotatable bonds is 2. The van der Waals surface area contributed by atoms with Crippen molar-refractivity contribution >= 4 is 41.4 Å². The van der Waals surface area contributed by atoms with E-state index in [2.05, 4.69) is 5.32 Å². The number of carbonyl (C=O) groups excluding carboxylic acids is 5. The molecule has 15 heteroatoms. The molecule has 4 fully saturated rings. The van der Waals surface area contributed by atoms with E-state index in [4.69, 9.17) is 18.9 Å². The van der Waals surface area contributed by atoms with Crippen LogP contribution in [0, 0.1) is 16.7 Å². The highest BCUT2D eigenvalue weighted by Gasteiger charge is 2.78. The van der Waals surface area contributed by atoms with Gasteiger partial charge in [-0.2, -0.15) is 11.8 Å². The molecule has 2 saturated heterocycles. The summed E-state index contributed by atoms with van der Waals surface area (Å²) >= 11 is 1.52. The fourth-order valence-electron chi connectivity index (χ4n) is 9.57. The first-order chi connectivity index (χ1) is 25.4. The van der Waals surface area contributed by atoms with Crippen molar-refractivity contribution in [1.29, 1.82) is 0 Å². The molecule has 2 heterocycles. The molecule has 296 valence electrons. The monoisotopic (exact) mass is 773 g/mol. The number of aliphatic hydroxyl groups excluding tert-OH is 3. The minimum Gasteiger partial charge on any atom is -0.459 e. The Hall–Kier alpha value is -3.34. The zero-order chi connectivity index (χ0) is 39.4. The second kappa shape index (κ2) is 15.0. The van der Waals surface area contributed by atoms with Crippen molar-refractivity contribution in [2.75, 3.05) is 18.1 Å². The number of nitrogens with one attached hydrogen (secondary N) is 1. The largest absolute Gasteiger partial charge is 0.459 e. The predicted molar refractivity (Wildman–Crippen MR) is 192 cm³/mol. The van der Waals surface area contributed by atoms with Crippen molar-refractivity contribution in [3.63, 3.8) is 0 Å². The maximum atomic E-state index is 14.8. The Balaban J connectivity index is 1.53. The first-order valence-corrected chi connectivity index (χ1v) is 19.7. The highest BCUT2D eigenvalue weighted by molar-refractivity contribution is 7.99. The summed E-state index contributed by atoms with van der Waals surface area (Å²) in [6.45, 7) is 7.06. The first-order valence-electron chi connectivity index (χ1n) is 18.6. The van der Waals surface area contributed by atoms with Crippen LogP contribution in [0.25, 0.3) is 0 Å². The van der Waals surface area contributed by atoms with Crippen LogP contribution in [0.3, 0.4) is 0 Å². The van der Waals surface area contributed by atoms with Gasteiger partial charge < -0.3 is 44.7 Å². The molecule has 5 N–H and O–H groups in total. The lowest BCUT2D eigenvalue weighted by molar-refractivity contribution is -0.347. The summed E-state index contributed by atoms with van der Waals surface area (Å²) in [5, 5.41) is 51.5. The van der Waals surface area contributed by atoms with Crippen LogP contribution >= 0.6 is 11.8 Å². The lowest BCUT2D eigenvalue weighted by atomic mass is 9.44. The zero-order valence-corrected chi connectivity index (χ0v) is 32.1. The van der Waals surface area contributed by atoms with Crippen molar-refractivity contribution < 1.29 is 63.3 Å². The van der Waals surface area contributed by atoms with E-state index in [0.717, 1.165) is 0 Å². The van der Waals surface area contributed by atoms with Crippen molar-refractivity contribution in [2.45, 2.75) is 127 Å².